The van der Waals surface area contributed by atoms with Gasteiger partial charge in [-0.25, -0.2) is 24.3 Å². The number of carbonyl (C=O) groups excluding carboxylic acids is 1. The highest BCUT2D eigenvalue weighted by molar-refractivity contribution is 8.14. The molecule has 1 aromatic heterocycles. The molecule has 4 aromatic rings. The fourth-order valence-corrected chi connectivity index (χ4v) is 5.82. The Hall–Kier alpha value is -4.98. The average molecular weight is 622 g/mol. The Labute approximate surface area is 253 Å². The number of hydrazone groups is 1. The first-order valence-corrected chi connectivity index (χ1v) is 14.3. The van der Waals surface area contributed by atoms with Gasteiger partial charge in [-0.15, -0.1) is 18.3 Å². The predicted octanol–water partition coefficient (Wildman–Crippen LogP) is 6.93. The molecule has 2 amide bonds. The van der Waals surface area contributed by atoms with Crippen molar-refractivity contribution >= 4 is 34.9 Å². The lowest BCUT2D eigenvalue weighted by atomic mass is 9.93. The van der Waals surface area contributed by atoms with E-state index in [9.17, 15) is 22.4 Å². The number of nitrogens with one attached hydrogen (secondary N) is 1. The molecule has 0 aliphatic carbocycles. The maximum atomic E-state index is 14.9. The van der Waals surface area contributed by atoms with Crippen LogP contribution in [0.3, 0.4) is 0 Å². The number of allylic oxidation sites excluding steroid dienone is 1. The Kier molecular flexibility index (Phi) is 7.67. The minimum Gasteiger partial charge on any atom is -0.406 e. The van der Waals surface area contributed by atoms with Gasteiger partial charge in [0, 0.05) is 28.5 Å². The van der Waals surface area contributed by atoms with Gasteiger partial charge in [0.2, 0.25) is 0 Å². The quantitative estimate of drug-likeness (QED) is 0.147. The molecule has 224 valence electrons. The number of carbonyl (C=O) groups is 1. The molecule has 2 aliphatic rings. The third-order valence-electron chi connectivity index (χ3n) is 6.83. The van der Waals surface area contributed by atoms with Crippen LogP contribution in [0.1, 0.15) is 29.5 Å². The van der Waals surface area contributed by atoms with Gasteiger partial charge in [0.1, 0.15) is 17.9 Å². The first-order valence-electron chi connectivity index (χ1n) is 13.3. The second-order valence-corrected chi connectivity index (χ2v) is 10.9. The molecule has 9 nitrogen and oxygen atoms in total. The number of aryl methyl sites for hydroxylation is 1. The van der Waals surface area contributed by atoms with Crippen molar-refractivity contribution in [3.05, 3.63) is 101 Å². The predicted molar refractivity (Wildman–Crippen MR) is 160 cm³/mol. The van der Waals surface area contributed by atoms with Gasteiger partial charge in [-0.05, 0) is 60.5 Å². The van der Waals surface area contributed by atoms with E-state index in [2.05, 4.69) is 61.5 Å². The smallest absolute Gasteiger partial charge is 0.406 e. The summed E-state index contributed by atoms with van der Waals surface area (Å²) in [5.74, 6) is 0.142. The Morgan fingerprint density at radius 3 is 2.68 bits per heavy atom. The summed E-state index contributed by atoms with van der Waals surface area (Å²) in [6.45, 7) is 4.15. The van der Waals surface area contributed by atoms with E-state index in [1.807, 2.05) is 11.8 Å². The van der Waals surface area contributed by atoms with E-state index in [-0.39, 0.29) is 23.1 Å². The lowest BCUT2D eigenvalue weighted by Crippen LogP contribution is -2.28. The number of thioether (sulfide) groups is 1. The molecule has 1 N–H and O–H groups in total. The molecular formula is C30H23F4N7O2S. The molecule has 6 rings (SSSR count). The Bertz CT molecular complexity index is 1830. The number of benzene rings is 3. The van der Waals surface area contributed by atoms with Crippen LogP contribution in [0.25, 0.3) is 17.1 Å². The van der Waals surface area contributed by atoms with Gasteiger partial charge in [-0.3, -0.25) is 4.90 Å². The van der Waals surface area contributed by atoms with Gasteiger partial charge in [0.15, 0.2) is 11.0 Å². The fraction of sp³-hybridized carbons (Fsp3) is 0.167. The van der Waals surface area contributed by atoms with Crippen molar-refractivity contribution in [1.29, 1.82) is 0 Å². The van der Waals surface area contributed by atoms with Crippen LogP contribution in [0.4, 0.5) is 28.0 Å². The molecule has 1 saturated heterocycles. The number of hydrogen-bond acceptors (Lipinski definition) is 6. The molecule has 14 heteroatoms. The summed E-state index contributed by atoms with van der Waals surface area (Å²) >= 11 is 1.46. The van der Waals surface area contributed by atoms with Crippen LogP contribution in [-0.2, 0) is 0 Å². The topological polar surface area (TPSA) is 97.0 Å². The minimum atomic E-state index is -4.79. The zero-order valence-electron chi connectivity index (χ0n) is 23.2. The molecule has 2 aliphatic heterocycles. The van der Waals surface area contributed by atoms with Crippen molar-refractivity contribution in [1.82, 2.24) is 20.2 Å². The van der Waals surface area contributed by atoms with Crippen LogP contribution in [0, 0.1) is 12.7 Å². The van der Waals surface area contributed by atoms with Gasteiger partial charge in [-0.1, -0.05) is 43.0 Å². The molecule has 1 fully saturated rings. The highest BCUT2D eigenvalue weighted by Crippen LogP contribution is 2.43. The maximum absolute atomic E-state index is 14.9. The molecular weight excluding hydrogens is 598 g/mol. The summed E-state index contributed by atoms with van der Waals surface area (Å²) < 4.78 is 57.2. The molecule has 0 saturated carbocycles. The number of hydrogen-bond donors (Lipinski definition) is 1. The Morgan fingerprint density at radius 1 is 1.14 bits per heavy atom. The van der Waals surface area contributed by atoms with E-state index in [0.29, 0.717) is 22.2 Å². The summed E-state index contributed by atoms with van der Waals surface area (Å²) in [6, 6.07) is 14.8. The first-order chi connectivity index (χ1) is 21.0. The summed E-state index contributed by atoms with van der Waals surface area (Å²) in [6.07, 6.45) is -0.102. The molecule has 3 heterocycles. The van der Waals surface area contributed by atoms with E-state index < -0.39 is 18.2 Å². The van der Waals surface area contributed by atoms with Crippen molar-refractivity contribution in [2.24, 2.45) is 10.1 Å². The zero-order chi connectivity index (χ0) is 31.0. The van der Waals surface area contributed by atoms with Gasteiger partial charge in [0.25, 0.3) is 0 Å². The molecule has 0 radical (unpaired) electrons. The van der Waals surface area contributed by atoms with E-state index in [1.165, 1.54) is 53.3 Å². The van der Waals surface area contributed by atoms with Gasteiger partial charge >= 0.3 is 12.4 Å². The number of urea groups is 1. The number of amides is 2. The van der Waals surface area contributed by atoms with Crippen LogP contribution >= 0.6 is 11.8 Å². The Balaban J connectivity index is 1.11. The monoisotopic (exact) mass is 621 g/mol. The molecule has 3 aromatic carbocycles. The second-order valence-electron chi connectivity index (χ2n) is 9.99. The number of ether oxygens (including phenoxy) is 1. The molecule has 44 heavy (non-hydrogen) atoms. The number of nitrogens with zero attached hydrogens (tertiary/aromatic N) is 6. The lowest BCUT2D eigenvalue weighted by molar-refractivity contribution is -0.274. The van der Waals surface area contributed by atoms with Crippen LogP contribution in [0.15, 0.2) is 88.9 Å². The number of fused-ring (bicyclic) bond motifs is 3. The third kappa shape index (κ3) is 6.20. The van der Waals surface area contributed by atoms with Crippen LogP contribution in [-0.4, -0.2) is 44.3 Å². The standard InChI is InChI=1S/C30H23F4N7O2S/c1-17-3-10-24-18(2)12-22-15-44-29(41(22)26(24)11-17)37-28(42)38-36-14-20-5-4-19(13-25(20)31)27-35-16-40(39-27)21-6-8-23(9-7-21)43-30(32,33)34/h3-14,16,18H,15H2,1-2H3,(H,38,42)/b36-14+,37-29-. The number of rotatable bonds is 5. The van der Waals surface area contributed by atoms with Gasteiger partial charge < -0.3 is 4.74 Å². The van der Waals surface area contributed by atoms with E-state index in [4.69, 9.17) is 0 Å². The van der Waals surface area contributed by atoms with Crippen molar-refractivity contribution in [3.8, 4) is 22.8 Å². The summed E-state index contributed by atoms with van der Waals surface area (Å²) in [5.41, 5.74) is 7.56. The molecule has 0 spiro atoms. The maximum Gasteiger partial charge on any atom is 0.573 e. The van der Waals surface area contributed by atoms with E-state index in [0.717, 1.165) is 34.6 Å². The summed E-state index contributed by atoms with van der Waals surface area (Å²) in [7, 11) is 0. The summed E-state index contributed by atoms with van der Waals surface area (Å²) in [5, 5.41) is 8.67. The number of aliphatic imine (C=N–C) groups is 1. The highest BCUT2D eigenvalue weighted by atomic mass is 32.2. The third-order valence-corrected chi connectivity index (χ3v) is 7.81. The van der Waals surface area contributed by atoms with Gasteiger partial charge in [-0.2, -0.15) is 10.1 Å². The van der Waals surface area contributed by atoms with Crippen molar-refractivity contribution < 1.29 is 27.1 Å². The van der Waals surface area contributed by atoms with Crippen molar-refractivity contribution in [2.75, 3.05) is 10.7 Å². The SMILES string of the molecule is Cc1ccc2c(c1)N1C(=CC2C)CS/C1=N\C(=O)N/N=C/c1ccc(-c2ncn(-c3ccc(OC(F)(F)F)cc3)n2)cc1F. The number of amidine groups is 1. The number of anilines is 1. The fourth-order valence-electron chi connectivity index (χ4n) is 4.82. The summed E-state index contributed by atoms with van der Waals surface area (Å²) in [4.78, 5) is 22.9. The Morgan fingerprint density at radius 2 is 1.93 bits per heavy atom. The largest absolute Gasteiger partial charge is 0.573 e. The zero-order valence-corrected chi connectivity index (χ0v) is 24.0. The highest BCUT2D eigenvalue weighted by Gasteiger charge is 2.33. The molecule has 1 atom stereocenters. The molecule has 0 bridgehead atoms. The van der Waals surface area contributed by atoms with E-state index in [1.54, 1.807) is 6.07 Å². The van der Waals surface area contributed by atoms with Crippen molar-refractivity contribution in [3.63, 3.8) is 0 Å². The number of alkyl halides is 3. The second kappa shape index (κ2) is 11.6. The normalized spacial score (nSPS) is 17.0. The van der Waals surface area contributed by atoms with E-state index >= 15 is 0 Å². The van der Waals surface area contributed by atoms with Crippen molar-refractivity contribution in [2.45, 2.75) is 26.1 Å². The number of halogens is 4. The van der Waals surface area contributed by atoms with Gasteiger partial charge in [0.05, 0.1) is 17.6 Å². The first kappa shape index (κ1) is 29.1. The lowest BCUT2D eigenvalue weighted by Gasteiger charge is -2.30. The number of aromatic nitrogens is 3. The molecule has 1 unspecified atom stereocenters. The van der Waals surface area contributed by atoms with Crippen LogP contribution in [0.5, 0.6) is 5.75 Å². The van der Waals surface area contributed by atoms with Crippen LogP contribution < -0.4 is 15.1 Å². The van der Waals surface area contributed by atoms with Crippen LogP contribution in [0.2, 0.25) is 0 Å². The average Bonchev–Trinajstić information content (AvgIpc) is 3.61. The minimum absolute atomic E-state index is 0.108.